The lowest BCUT2D eigenvalue weighted by molar-refractivity contribution is -0.111. The number of hydrogen-bond acceptors (Lipinski definition) is 5. The largest absolute Gasteiger partial charge is 0.507 e. The molecule has 0 fully saturated rings. The van der Waals surface area contributed by atoms with Gasteiger partial charge in [0.2, 0.25) is 0 Å². The standard InChI is InChI=1S/C21H24O5S/c1-14(2)21(15(3)22)19-13-16(5-10-20(19)23)11-12-27(24,25)18-8-6-17(26-4)7-9-18/h5-10,13,23H,11-12H2,1-4H3. The molecule has 144 valence electrons. The first kappa shape index (κ1) is 20.7. The number of rotatable bonds is 7. The average molecular weight is 388 g/mol. The Hall–Kier alpha value is -2.60. The van der Waals surface area contributed by atoms with Crippen molar-refractivity contribution in [1.29, 1.82) is 0 Å². The molecule has 2 aromatic rings. The van der Waals surface area contributed by atoms with Gasteiger partial charge in [-0.25, -0.2) is 8.42 Å². The Balaban J connectivity index is 2.26. The number of allylic oxidation sites excluding steroid dienone is 2. The van der Waals surface area contributed by atoms with E-state index >= 15 is 0 Å². The van der Waals surface area contributed by atoms with E-state index in [9.17, 15) is 18.3 Å². The maximum Gasteiger partial charge on any atom is 0.178 e. The van der Waals surface area contributed by atoms with Gasteiger partial charge >= 0.3 is 0 Å². The Kier molecular flexibility index (Phi) is 6.44. The van der Waals surface area contributed by atoms with Crippen molar-refractivity contribution in [2.24, 2.45) is 0 Å². The molecule has 1 N–H and O–H groups in total. The lowest BCUT2D eigenvalue weighted by atomic mass is 9.95. The number of sulfone groups is 1. The van der Waals surface area contributed by atoms with Gasteiger partial charge in [-0.05, 0) is 69.2 Å². The van der Waals surface area contributed by atoms with Crippen LogP contribution in [0.3, 0.4) is 0 Å². The van der Waals surface area contributed by atoms with Crippen LogP contribution in [-0.2, 0) is 21.1 Å². The number of Topliss-reactive ketones (excluding diaryl/α,β-unsaturated/α-hetero) is 1. The molecular weight excluding hydrogens is 364 g/mol. The third-order valence-corrected chi connectivity index (χ3v) is 5.99. The van der Waals surface area contributed by atoms with E-state index in [2.05, 4.69) is 0 Å². The van der Waals surface area contributed by atoms with Crippen molar-refractivity contribution >= 4 is 21.2 Å². The second kappa shape index (κ2) is 8.39. The van der Waals surface area contributed by atoms with Crippen LogP contribution in [0.2, 0.25) is 0 Å². The van der Waals surface area contributed by atoms with Crippen LogP contribution in [0.25, 0.3) is 5.57 Å². The lowest BCUT2D eigenvalue weighted by Crippen LogP contribution is -2.09. The molecule has 2 rings (SSSR count). The quantitative estimate of drug-likeness (QED) is 0.730. The van der Waals surface area contributed by atoms with E-state index in [0.29, 0.717) is 16.9 Å². The number of methoxy groups -OCH3 is 1. The highest BCUT2D eigenvalue weighted by Gasteiger charge is 2.17. The smallest absolute Gasteiger partial charge is 0.178 e. The molecule has 0 aliphatic carbocycles. The summed E-state index contributed by atoms with van der Waals surface area (Å²) in [6, 6.07) is 11.1. The highest BCUT2D eigenvalue weighted by Crippen LogP contribution is 2.29. The number of carbonyl (C=O) groups excluding carboxylic acids is 1. The van der Waals surface area contributed by atoms with Gasteiger partial charge < -0.3 is 9.84 Å². The van der Waals surface area contributed by atoms with Crippen LogP contribution in [0, 0.1) is 0 Å². The molecular formula is C21H24O5S. The first-order valence-corrected chi connectivity index (χ1v) is 10.2. The number of ketones is 1. The van der Waals surface area contributed by atoms with Crippen LogP contribution in [0.4, 0.5) is 0 Å². The van der Waals surface area contributed by atoms with Crippen LogP contribution < -0.4 is 4.74 Å². The first-order chi connectivity index (χ1) is 12.7. The van der Waals surface area contributed by atoms with Crippen molar-refractivity contribution in [3.8, 4) is 11.5 Å². The van der Waals surface area contributed by atoms with Crippen molar-refractivity contribution in [3.63, 3.8) is 0 Å². The zero-order chi connectivity index (χ0) is 20.2. The van der Waals surface area contributed by atoms with Crippen LogP contribution in [-0.4, -0.2) is 32.2 Å². The Morgan fingerprint density at radius 2 is 1.67 bits per heavy atom. The summed E-state index contributed by atoms with van der Waals surface area (Å²) in [5.41, 5.74) is 2.41. The molecule has 0 saturated heterocycles. The number of ether oxygens (including phenoxy) is 1. The Morgan fingerprint density at radius 1 is 1.04 bits per heavy atom. The van der Waals surface area contributed by atoms with E-state index in [1.54, 1.807) is 38.1 Å². The van der Waals surface area contributed by atoms with Crippen molar-refractivity contribution < 1.29 is 23.1 Å². The zero-order valence-corrected chi connectivity index (χ0v) is 16.8. The molecule has 6 heteroatoms. The normalized spacial score (nSPS) is 11.1. The van der Waals surface area contributed by atoms with E-state index in [1.807, 2.05) is 0 Å². The van der Waals surface area contributed by atoms with E-state index in [-0.39, 0.29) is 28.6 Å². The predicted octanol–water partition coefficient (Wildman–Crippen LogP) is 3.80. The predicted molar refractivity (Wildman–Crippen MR) is 106 cm³/mol. The third-order valence-electron chi connectivity index (χ3n) is 4.26. The Bertz CT molecular complexity index is 966. The molecule has 0 unspecified atom stereocenters. The Labute approximate surface area is 160 Å². The van der Waals surface area contributed by atoms with E-state index < -0.39 is 9.84 Å². The summed E-state index contributed by atoms with van der Waals surface area (Å²) in [6.07, 6.45) is 0.273. The van der Waals surface area contributed by atoms with Crippen LogP contribution in [0.15, 0.2) is 52.9 Å². The molecule has 0 heterocycles. The number of benzene rings is 2. The number of aryl methyl sites for hydroxylation is 1. The minimum Gasteiger partial charge on any atom is -0.507 e. The van der Waals surface area contributed by atoms with Gasteiger partial charge in [-0.1, -0.05) is 11.6 Å². The number of phenolic OH excluding ortho intramolecular Hbond substituents is 1. The Morgan fingerprint density at radius 3 is 2.19 bits per heavy atom. The van der Waals surface area contributed by atoms with E-state index in [1.165, 1.54) is 32.2 Å². The summed E-state index contributed by atoms with van der Waals surface area (Å²) in [5, 5.41) is 10.1. The SMILES string of the molecule is COc1ccc(S(=O)(=O)CCc2ccc(O)c(C(C(C)=O)=C(C)C)c2)cc1. The molecule has 0 radical (unpaired) electrons. The average Bonchev–Trinajstić information content (AvgIpc) is 2.61. The maximum atomic E-state index is 12.6. The van der Waals surface area contributed by atoms with Gasteiger partial charge in [-0.2, -0.15) is 0 Å². The summed E-state index contributed by atoms with van der Waals surface area (Å²) in [4.78, 5) is 12.2. The van der Waals surface area contributed by atoms with E-state index in [4.69, 9.17) is 4.74 Å². The second-order valence-corrected chi connectivity index (χ2v) is 8.64. The number of phenols is 1. The van der Waals surface area contributed by atoms with Gasteiger partial charge in [-0.3, -0.25) is 4.79 Å². The van der Waals surface area contributed by atoms with Gasteiger partial charge in [0.15, 0.2) is 15.6 Å². The fourth-order valence-corrected chi connectivity index (χ4v) is 4.19. The van der Waals surface area contributed by atoms with E-state index in [0.717, 1.165) is 11.1 Å². The summed E-state index contributed by atoms with van der Waals surface area (Å²) in [7, 11) is -1.93. The molecule has 0 bridgehead atoms. The fourth-order valence-electron chi connectivity index (χ4n) is 2.90. The molecule has 27 heavy (non-hydrogen) atoms. The number of hydrogen-bond donors (Lipinski definition) is 1. The molecule has 0 aliphatic rings. The fraction of sp³-hybridized carbons (Fsp3) is 0.286. The molecule has 0 amide bonds. The van der Waals surface area contributed by atoms with Gasteiger partial charge in [0.1, 0.15) is 11.5 Å². The summed E-state index contributed by atoms with van der Waals surface area (Å²) in [5.74, 6) is 0.375. The monoisotopic (exact) mass is 388 g/mol. The molecule has 2 aromatic carbocycles. The van der Waals surface area contributed by atoms with Crippen molar-refractivity contribution in [3.05, 3.63) is 59.2 Å². The summed E-state index contributed by atoms with van der Waals surface area (Å²) in [6.45, 7) is 5.05. The van der Waals surface area contributed by atoms with Crippen LogP contribution >= 0.6 is 0 Å². The highest BCUT2D eigenvalue weighted by molar-refractivity contribution is 7.91. The van der Waals surface area contributed by atoms with Crippen molar-refractivity contribution in [2.75, 3.05) is 12.9 Å². The van der Waals surface area contributed by atoms with Crippen LogP contribution in [0.5, 0.6) is 11.5 Å². The first-order valence-electron chi connectivity index (χ1n) is 8.53. The van der Waals surface area contributed by atoms with Gasteiger partial charge in [-0.15, -0.1) is 0 Å². The molecule has 0 aliphatic heterocycles. The lowest BCUT2D eigenvalue weighted by Gasteiger charge is -2.12. The molecule has 5 nitrogen and oxygen atoms in total. The summed E-state index contributed by atoms with van der Waals surface area (Å²) >= 11 is 0. The van der Waals surface area contributed by atoms with Crippen molar-refractivity contribution in [1.82, 2.24) is 0 Å². The molecule has 0 saturated carbocycles. The minimum absolute atomic E-state index is 0.00293. The highest BCUT2D eigenvalue weighted by atomic mass is 32.2. The minimum atomic E-state index is -3.46. The molecule has 0 spiro atoms. The number of aromatic hydroxyl groups is 1. The summed E-state index contributed by atoms with van der Waals surface area (Å²) < 4.78 is 30.2. The van der Waals surface area contributed by atoms with Gasteiger partial charge in [0.25, 0.3) is 0 Å². The molecule has 0 aromatic heterocycles. The number of carbonyl (C=O) groups is 1. The topological polar surface area (TPSA) is 80.7 Å². The van der Waals surface area contributed by atoms with Crippen LogP contribution in [0.1, 0.15) is 31.9 Å². The third kappa shape index (κ3) is 4.98. The van der Waals surface area contributed by atoms with Gasteiger partial charge in [0.05, 0.1) is 17.8 Å². The molecule has 0 atom stereocenters. The maximum absolute atomic E-state index is 12.6. The van der Waals surface area contributed by atoms with Crippen molar-refractivity contribution in [2.45, 2.75) is 32.1 Å². The zero-order valence-electron chi connectivity index (χ0n) is 15.9. The second-order valence-electron chi connectivity index (χ2n) is 6.53. The van der Waals surface area contributed by atoms with Gasteiger partial charge in [0, 0.05) is 11.1 Å².